The molecule has 0 aromatic heterocycles. The van der Waals surface area contributed by atoms with Crippen LogP contribution in [0.1, 0.15) is 11.1 Å². The maximum absolute atomic E-state index is 12.7. The number of hydrogen-bond acceptors (Lipinski definition) is 5. The van der Waals surface area contributed by atoms with Gasteiger partial charge in [-0.2, -0.15) is 4.31 Å². The quantitative estimate of drug-likeness (QED) is 0.654. The van der Waals surface area contributed by atoms with Gasteiger partial charge in [-0.1, -0.05) is 48.0 Å². The minimum atomic E-state index is -3.79. The Morgan fingerprint density at radius 1 is 1.08 bits per heavy atom. The van der Waals surface area contributed by atoms with Crippen molar-refractivity contribution in [2.75, 3.05) is 26.3 Å². The van der Waals surface area contributed by atoms with Gasteiger partial charge in [-0.05, 0) is 24.6 Å². The normalized spacial score (nSPS) is 13.1. The molecule has 2 N–H and O–H groups in total. The highest BCUT2D eigenvalue weighted by Crippen LogP contribution is 2.16. The van der Waals surface area contributed by atoms with Crippen LogP contribution >= 0.6 is 0 Å². The van der Waals surface area contributed by atoms with Gasteiger partial charge in [0.15, 0.2) is 0 Å². The summed E-state index contributed by atoms with van der Waals surface area (Å²) in [6.07, 6.45) is -0.995. The Kier molecular flexibility index (Phi) is 7.74. The average molecular weight is 379 g/mol. The average Bonchev–Trinajstić information content (AvgIpc) is 2.62. The second kappa shape index (κ2) is 9.80. The maximum atomic E-state index is 12.7. The van der Waals surface area contributed by atoms with E-state index in [1.165, 1.54) is 12.1 Å². The number of hydrogen-bond donors (Lipinski definition) is 2. The first-order valence-electron chi connectivity index (χ1n) is 8.41. The van der Waals surface area contributed by atoms with E-state index in [1.807, 2.05) is 37.3 Å². The van der Waals surface area contributed by atoms with Gasteiger partial charge in [-0.15, -0.1) is 0 Å². The maximum Gasteiger partial charge on any atom is 0.243 e. The lowest BCUT2D eigenvalue weighted by molar-refractivity contribution is 0.0191. The summed E-state index contributed by atoms with van der Waals surface area (Å²) < 4.78 is 32.0. The van der Waals surface area contributed by atoms with Gasteiger partial charge in [0.25, 0.3) is 0 Å². The van der Waals surface area contributed by atoms with Crippen LogP contribution in [0.3, 0.4) is 0 Å². The summed E-state index contributed by atoms with van der Waals surface area (Å²) in [5.74, 6) is 0. The van der Waals surface area contributed by atoms with E-state index in [0.717, 1.165) is 15.4 Å². The molecule has 0 aliphatic heterocycles. The second-order valence-corrected chi connectivity index (χ2v) is 7.99. The van der Waals surface area contributed by atoms with Gasteiger partial charge < -0.3 is 14.9 Å². The standard InChI is InChI=1S/C19H25NO5S/c1-16-7-9-19(10-8-16)26(23,24)20(11-12-21)13-18(22)15-25-14-17-5-3-2-4-6-17/h2-10,18,21-22H,11-15H2,1H3. The summed E-state index contributed by atoms with van der Waals surface area (Å²) in [5.41, 5.74) is 1.92. The van der Waals surface area contributed by atoms with E-state index < -0.39 is 16.1 Å². The van der Waals surface area contributed by atoms with Crippen molar-refractivity contribution in [1.29, 1.82) is 0 Å². The van der Waals surface area contributed by atoms with E-state index in [0.29, 0.717) is 6.61 Å². The highest BCUT2D eigenvalue weighted by atomic mass is 32.2. The predicted molar refractivity (Wildman–Crippen MR) is 99.1 cm³/mol. The molecule has 0 radical (unpaired) electrons. The minimum absolute atomic E-state index is 0.000239. The molecule has 0 aliphatic carbocycles. The van der Waals surface area contributed by atoms with E-state index in [4.69, 9.17) is 4.74 Å². The van der Waals surface area contributed by atoms with Crippen molar-refractivity contribution in [2.24, 2.45) is 0 Å². The smallest absolute Gasteiger partial charge is 0.243 e. The van der Waals surface area contributed by atoms with Gasteiger partial charge in [0, 0.05) is 13.1 Å². The van der Waals surface area contributed by atoms with Crippen LogP contribution in [0.25, 0.3) is 0 Å². The molecule has 1 atom stereocenters. The van der Waals surface area contributed by atoms with Gasteiger partial charge in [0.1, 0.15) is 0 Å². The first kappa shape index (κ1) is 20.5. The summed E-state index contributed by atoms with van der Waals surface area (Å²) in [4.78, 5) is 0.133. The Hall–Kier alpha value is -1.77. The van der Waals surface area contributed by atoms with Gasteiger partial charge in [-0.25, -0.2) is 8.42 Å². The van der Waals surface area contributed by atoms with E-state index in [1.54, 1.807) is 12.1 Å². The molecule has 0 fully saturated rings. The molecule has 2 rings (SSSR count). The lowest BCUT2D eigenvalue weighted by Crippen LogP contribution is -2.40. The van der Waals surface area contributed by atoms with Gasteiger partial charge >= 0.3 is 0 Å². The van der Waals surface area contributed by atoms with Crippen molar-refractivity contribution in [3.8, 4) is 0 Å². The molecule has 0 spiro atoms. The molecule has 6 nitrogen and oxygen atoms in total. The highest BCUT2D eigenvalue weighted by Gasteiger charge is 2.26. The van der Waals surface area contributed by atoms with Crippen LogP contribution in [0.4, 0.5) is 0 Å². The molecule has 0 heterocycles. The van der Waals surface area contributed by atoms with Crippen LogP contribution in [0.2, 0.25) is 0 Å². The fourth-order valence-electron chi connectivity index (χ4n) is 2.46. The molecule has 1 unspecified atom stereocenters. The molecular weight excluding hydrogens is 354 g/mol. The highest BCUT2D eigenvalue weighted by molar-refractivity contribution is 7.89. The first-order chi connectivity index (χ1) is 12.4. The lowest BCUT2D eigenvalue weighted by Gasteiger charge is -2.24. The predicted octanol–water partition coefficient (Wildman–Crippen LogP) is 1.56. The minimum Gasteiger partial charge on any atom is -0.395 e. The van der Waals surface area contributed by atoms with Crippen LogP contribution in [-0.4, -0.2) is 55.3 Å². The zero-order chi connectivity index (χ0) is 19.0. The summed E-state index contributed by atoms with van der Waals surface area (Å²) in [5, 5.41) is 19.4. The molecule has 0 saturated carbocycles. The number of aliphatic hydroxyl groups is 2. The largest absolute Gasteiger partial charge is 0.395 e. The number of benzene rings is 2. The molecule has 26 heavy (non-hydrogen) atoms. The van der Waals surface area contributed by atoms with Crippen molar-refractivity contribution in [1.82, 2.24) is 4.31 Å². The first-order valence-corrected chi connectivity index (χ1v) is 9.85. The van der Waals surface area contributed by atoms with Gasteiger partial charge in [0.2, 0.25) is 10.0 Å². The second-order valence-electron chi connectivity index (χ2n) is 6.05. The Balaban J connectivity index is 1.96. The summed E-state index contributed by atoms with van der Waals surface area (Å²) in [7, 11) is -3.79. The van der Waals surface area contributed by atoms with Crippen LogP contribution in [0.5, 0.6) is 0 Å². The summed E-state index contributed by atoms with van der Waals surface area (Å²) in [6, 6.07) is 16.0. The summed E-state index contributed by atoms with van der Waals surface area (Å²) >= 11 is 0. The van der Waals surface area contributed by atoms with Gasteiger partial charge in [0.05, 0.1) is 30.8 Å². The SMILES string of the molecule is Cc1ccc(S(=O)(=O)N(CCO)CC(O)COCc2ccccc2)cc1. The third kappa shape index (κ3) is 5.89. The third-order valence-corrected chi connectivity index (χ3v) is 5.72. The number of sulfonamides is 1. The topological polar surface area (TPSA) is 87.1 Å². The zero-order valence-electron chi connectivity index (χ0n) is 14.8. The Labute approximate surface area is 154 Å². The van der Waals surface area contributed by atoms with Gasteiger partial charge in [-0.3, -0.25) is 0 Å². The third-order valence-electron chi connectivity index (χ3n) is 3.84. The molecule has 0 saturated heterocycles. The molecular formula is C19H25NO5S. The Morgan fingerprint density at radius 3 is 2.35 bits per heavy atom. The monoisotopic (exact) mass is 379 g/mol. The fourth-order valence-corrected chi connectivity index (χ4v) is 3.92. The van der Waals surface area contributed by atoms with Crippen molar-refractivity contribution >= 4 is 10.0 Å². The molecule has 2 aromatic carbocycles. The van der Waals surface area contributed by atoms with E-state index in [9.17, 15) is 18.6 Å². The summed E-state index contributed by atoms with van der Waals surface area (Å²) in [6.45, 7) is 1.64. The molecule has 0 bridgehead atoms. The van der Waals surface area contributed by atoms with E-state index in [2.05, 4.69) is 0 Å². The van der Waals surface area contributed by atoms with E-state index in [-0.39, 0.29) is 31.2 Å². The molecule has 7 heteroatoms. The van der Waals surface area contributed by atoms with Crippen LogP contribution in [0, 0.1) is 6.92 Å². The number of ether oxygens (including phenoxy) is 1. The number of aryl methyl sites for hydroxylation is 1. The number of rotatable bonds is 10. The van der Waals surface area contributed by atoms with Crippen molar-refractivity contribution < 1.29 is 23.4 Å². The molecule has 0 aliphatic rings. The van der Waals surface area contributed by atoms with Crippen molar-refractivity contribution in [3.63, 3.8) is 0 Å². The molecule has 2 aromatic rings. The van der Waals surface area contributed by atoms with Crippen molar-refractivity contribution in [2.45, 2.75) is 24.5 Å². The van der Waals surface area contributed by atoms with Crippen LogP contribution in [0.15, 0.2) is 59.5 Å². The lowest BCUT2D eigenvalue weighted by atomic mass is 10.2. The molecule has 142 valence electrons. The van der Waals surface area contributed by atoms with Crippen LogP contribution < -0.4 is 0 Å². The Bertz CT molecular complexity index is 762. The van der Waals surface area contributed by atoms with Crippen molar-refractivity contribution in [3.05, 3.63) is 65.7 Å². The van der Waals surface area contributed by atoms with E-state index >= 15 is 0 Å². The molecule has 0 amide bonds. The zero-order valence-corrected chi connectivity index (χ0v) is 15.6. The number of nitrogens with zero attached hydrogens (tertiary/aromatic N) is 1. The fraction of sp³-hybridized carbons (Fsp3) is 0.368. The van der Waals surface area contributed by atoms with Crippen LogP contribution in [-0.2, 0) is 21.4 Å². The Morgan fingerprint density at radius 2 is 1.73 bits per heavy atom. The number of aliphatic hydroxyl groups excluding tert-OH is 2.